The molecule has 3 heterocycles. The third-order valence-corrected chi connectivity index (χ3v) is 5.23. The van der Waals surface area contributed by atoms with Crippen LogP contribution in [0.25, 0.3) is 0 Å². The Morgan fingerprint density at radius 3 is 2.87 bits per heavy atom. The van der Waals surface area contributed by atoms with Crippen LogP contribution in [-0.4, -0.2) is 51.3 Å². The average Bonchev–Trinajstić information content (AvgIpc) is 2.83. The number of halogens is 1. The summed E-state index contributed by atoms with van der Waals surface area (Å²) in [4.78, 5) is 14.1. The molecule has 0 N–H and O–H groups in total. The summed E-state index contributed by atoms with van der Waals surface area (Å²) < 4.78 is 13.6. The molecule has 6 nitrogen and oxygen atoms in total. The molecule has 0 bridgehead atoms. The van der Waals surface area contributed by atoms with Gasteiger partial charge < -0.3 is 9.47 Å². The fraction of sp³-hybridized carbons (Fsp3) is 0.812. The molecule has 3 aliphatic heterocycles. The Labute approximate surface area is 151 Å². The lowest BCUT2D eigenvalue weighted by Crippen LogP contribution is -2.43. The second kappa shape index (κ2) is 6.66. The van der Waals surface area contributed by atoms with Crippen LogP contribution in [0.1, 0.15) is 46.5 Å². The van der Waals surface area contributed by atoms with Crippen LogP contribution in [0.4, 0.5) is 4.79 Å². The van der Waals surface area contributed by atoms with E-state index in [1.165, 1.54) is 12.0 Å². The van der Waals surface area contributed by atoms with E-state index in [0.29, 0.717) is 13.1 Å². The van der Waals surface area contributed by atoms with Crippen LogP contribution in [0, 0.1) is 0 Å². The van der Waals surface area contributed by atoms with Crippen LogP contribution in [0.2, 0.25) is 0 Å². The van der Waals surface area contributed by atoms with E-state index in [-0.39, 0.29) is 16.4 Å². The summed E-state index contributed by atoms with van der Waals surface area (Å²) in [6.07, 6.45) is 3.91. The number of carbonyl (C=O) groups is 1. The van der Waals surface area contributed by atoms with Gasteiger partial charge in [0.05, 0.1) is 6.61 Å². The highest BCUT2D eigenvalue weighted by Gasteiger charge is 2.44. The van der Waals surface area contributed by atoms with Gasteiger partial charge in [-0.15, -0.1) is 0 Å². The summed E-state index contributed by atoms with van der Waals surface area (Å²) in [6.45, 7) is 7.74. The van der Waals surface area contributed by atoms with E-state index in [1.54, 1.807) is 4.90 Å². The fourth-order valence-electron chi connectivity index (χ4n) is 3.13. The molecule has 3 rings (SSSR count). The molecule has 1 saturated heterocycles. The van der Waals surface area contributed by atoms with Crippen LogP contribution in [0.15, 0.2) is 16.4 Å². The van der Waals surface area contributed by atoms with Gasteiger partial charge in [-0.2, -0.15) is 0 Å². The number of ether oxygens (including phenoxy) is 2. The van der Waals surface area contributed by atoms with Crippen LogP contribution < -0.4 is 0 Å². The number of hydrogen-bond acceptors (Lipinski definition) is 4. The van der Waals surface area contributed by atoms with Crippen LogP contribution >= 0.6 is 22.6 Å². The minimum Gasteiger partial charge on any atom is -0.444 e. The zero-order chi connectivity index (χ0) is 16.6. The van der Waals surface area contributed by atoms with Crippen molar-refractivity contribution < 1.29 is 19.0 Å². The normalized spacial score (nSPS) is 28.5. The summed E-state index contributed by atoms with van der Waals surface area (Å²) in [6, 6.07) is 0. The topological polar surface area (TPSA) is 54.1 Å². The molecule has 0 aromatic rings. The van der Waals surface area contributed by atoms with Gasteiger partial charge in [0.2, 0.25) is 5.70 Å². The summed E-state index contributed by atoms with van der Waals surface area (Å²) in [5.74, 6) is 0. The van der Waals surface area contributed by atoms with Gasteiger partial charge in [-0.3, -0.25) is 4.90 Å². The predicted molar refractivity (Wildman–Crippen MR) is 93.5 cm³/mol. The van der Waals surface area contributed by atoms with Gasteiger partial charge in [-0.05, 0) is 67.7 Å². The molecular weight excluding hydrogens is 409 g/mol. The maximum Gasteiger partial charge on any atom is 0.410 e. The SMILES string of the molecule is CC(C)(C)OC(=O)N1CCC2=C(C1)[N+](C1CCCCO1)=NC2I. The van der Waals surface area contributed by atoms with Gasteiger partial charge in [-0.1, -0.05) is 4.70 Å². The molecule has 0 saturated carbocycles. The van der Waals surface area contributed by atoms with Crippen LogP contribution in [0.5, 0.6) is 0 Å². The van der Waals surface area contributed by atoms with Crippen molar-refractivity contribution in [1.29, 1.82) is 0 Å². The average molecular weight is 434 g/mol. The first-order valence-corrected chi connectivity index (χ1v) is 9.55. The molecule has 1 fully saturated rings. The standard InChI is InChI=1S/C16H25IN3O3/c1-16(2,3)23-15(21)19-8-7-11-12(10-19)20(18-14(11)17)13-6-4-5-9-22-13/h13-14H,4-10H2,1-3H3/q+1. The van der Waals surface area contributed by atoms with Gasteiger partial charge in [-0.25, -0.2) is 4.79 Å². The first kappa shape index (κ1) is 17.1. The molecule has 0 aliphatic carbocycles. The Bertz CT molecular complexity index is 547. The zero-order valence-electron chi connectivity index (χ0n) is 14.0. The van der Waals surface area contributed by atoms with Crippen molar-refractivity contribution >= 4 is 28.7 Å². The highest BCUT2D eigenvalue weighted by Crippen LogP contribution is 2.35. The molecule has 3 aliphatic rings. The lowest BCUT2D eigenvalue weighted by molar-refractivity contribution is -0.630. The smallest absolute Gasteiger partial charge is 0.410 e. The molecule has 23 heavy (non-hydrogen) atoms. The Balaban J connectivity index is 1.74. The molecule has 0 radical (unpaired) electrons. The minimum absolute atomic E-state index is 0.0205. The minimum atomic E-state index is -0.468. The largest absolute Gasteiger partial charge is 0.444 e. The van der Waals surface area contributed by atoms with Crippen molar-refractivity contribution in [2.24, 2.45) is 5.11 Å². The fourth-order valence-corrected chi connectivity index (χ4v) is 4.07. The number of hydrogen-bond donors (Lipinski definition) is 0. The van der Waals surface area contributed by atoms with Crippen molar-refractivity contribution in [3.63, 3.8) is 0 Å². The molecule has 2 atom stereocenters. The second-order valence-electron chi connectivity index (χ2n) is 7.24. The maximum absolute atomic E-state index is 12.4. The lowest BCUT2D eigenvalue weighted by Gasteiger charge is -2.29. The van der Waals surface area contributed by atoms with E-state index in [0.717, 1.165) is 31.6 Å². The van der Waals surface area contributed by atoms with Crippen molar-refractivity contribution in [3.8, 4) is 0 Å². The van der Waals surface area contributed by atoms with Crippen LogP contribution in [0.3, 0.4) is 0 Å². The Morgan fingerprint density at radius 2 is 2.22 bits per heavy atom. The summed E-state index contributed by atoms with van der Waals surface area (Å²) in [5, 5.41) is 4.77. The quantitative estimate of drug-likeness (QED) is 0.274. The van der Waals surface area contributed by atoms with Gasteiger partial charge in [0.1, 0.15) is 12.1 Å². The summed E-state index contributed by atoms with van der Waals surface area (Å²) in [5.41, 5.74) is 2.00. The Morgan fingerprint density at radius 1 is 1.43 bits per heavy atom. The van der Waals surface area contributed by atoms with Crippen molar-refractivity contribution in [3.05, 3.63) is 11.3 Å². The van der Waals surface area contributed by atoms with E-state index >= 15 is 0 Å². The van der Waals surface area contributed by atoms with Crippen LogP contribution in [-0.2, 0) is 9.47 Å². The first-order chi connectivity index (χ1) is 10.8. The number of rotatable bonds is 1. The molecular formula is C16H25IN3O3+. The molecule has 0 aromatic carbocycles. The second-order valence-corrected chi connectivity index (χ2v) is 8.42. The number of alkyl halides is 1. The highest BCUT2D eigenvalue weighted by molar-refractivity contribution is 14.1. The molecule has 1 amide bonds. The highest BCUT2D eigenvalue weighted by atomic mass is 127. The molecule has 0 spiro atoms. The van der Waals surface area contributed by atoms with E-state index in [2.05, 4.69) is 22.6 Å². The number of azo groups is 2. The van der Waals surface area contributed by atoms with E-state index in [4.69, 9.17) is 14.6 Å². The number of nitrogens with zero attached hydrogens (tertiary/aromatic N) is 3. The Hall–Kier alpha value is -0.700. The van der Waals surface area contributed by atoms with Gasteiger partial charge >= 0.3 is 6.09 Å². The van der Waals surface area contributed by atoms with E-state index in [1.807, 2.05) is 25.5 Å². The number of amides is 1. The molecule has 128 valence electrons. The molecule has 2 unspecified atom stereocenters. The first-order valence-electron chi connectivity index (χ1n) is 8.31. The van der Waals surface area contributed by atoms with Gasteiger partial charge in [0.15, 0.2) is 4.05 Å². The summed E-state index contributed by atoms with van der Waals surface area (Å²) >= 11 is 2.37. The zero-order valence-corrected chi connectivity index (χ0v) is 16.2. The molecule has 0 aromatic heterocycles. The Kier molecular flexibility index (Phi) is 4.96. The summed E-state index contributed by atoms with van der Waals surface area (Å²) in [7, 11) is 0. The van der Waals surface area contributed by atoms with Crippen molar-refractivity contribution in [1.82, 2.24) is 4.90 Å². The van der Waals surface area contributed by atoms with E-state index in [9.17, 15) is 4.79 Å². The third kappa shape index (κ3) is 3.87. The van der Waals surface area contributed by atoms with Gasteiger partial charge in [0, 0.05) is 18.5 Å². The van der Waals surface area contributed by atoms with Crippen molar-refractivity contribution in [2.45, 2.75) is 62.3 Å². The maximum atomic E-state index is 12.4. The predicted octanol–water partition coefficient (Wildman–Crippen LogP) is 3.65. The number of carbonyl (C=O) groups excluding carboxylic acids is 1. The third-order valence-electron chi connectivity index (χ3n) is 4.23. The van der Waals surface area contributed by atoms with Gasteiger partial charge in [0.25, 0.3) is 6.23 Å². The van der Waals surface area contributed by atoms with Crippen molar-refractivity contribution in [2.75, 3.05) is 19.7 Å². The molecule has 7 heteroatoms. The van der Waals surface area contributed by atoms with E-state index < -0.39 is 5.60 Å². The monoisotopic (exact) mass is 434 g/mol. The lowest BCUT2D eigenvalue weighted by atomic mass is 10.1.